The van der Waals surface area contributed by atoms with E-state index in [0.29, 0.717) is 16.0 Å². The molecule has 0 amide bonds. The van der Waals surface area contributed by atoms with Crippen molar-refractivity contribution in [1.29, 1.82) is 10.8 Å². The average molecular weight is 220 g/mol. The van der Waals surface area contributed by atoms with E-state index in [9.17, 15) is 0 Å². The summed E-state index contributed by atoms with van der Waals surface area (Å²) in [4.78, 5) is 0. The van der Waals surface area contributed by atoms with E-state index < -0.39 is 0 Å². The third-order valence-corrected chi connectivity index (χ3v) is 3.28. The van der Waals surface area contributed by atoms with Crippen LogP contribution in [0.25, 0.3) is 0 Å². The molecule has 0 spiro atoms. The Hall–Kier alpha value is -1.29. The van der Waals surface area contributed by atoms with Crippen molar-refractivity contribution in [2.24, 2.45) is 5.92 Å². The molecular weight excluding hydrogens is 208 g/mol. The fourth-order valence-corrected chi connectivity index (χ4v) is 2.09. The highest BCUT2D eigenvalue weighted by Gasteiger charge is 2.27. The standard InChI is InChI=1S/C11H12N2OS/c12-10(7-1-2-7)15-11(13)8-3-5-9(14)6-4-8/h3-7,12-14H,1-2H2. The summed E-state index contributed by atoms with van der Waals surface area (Å²) in [6, 6.07) is 6.52. The lowest BCUT2D eigenvalue weighted by Crippen LogP contribution is -2.00. The molecule has 78 valence electrons. The zero-order valence-electron chi connectivity index (χ0n) is 8.16. The maximum Gasteiger partial charge on any atom is 0.115 e. The maximum atomic E-state index is 9.10. The van der Waals surface area contributed by atoms with E-state index in [1.54, 1.807) is 24.3 Å². The monoisotopic (exact) mass is 220 g/mol. The molecule has 0 atom stereocenters. The second-order valence-electron chi connectivity index (χ2n) is 3.62. The maximum absolute atomic E-state index is 9.10. The van der Waals surface area contributed by atoms with Crippen molar-refractivity contribution in [3.05, 3.63) is 29.8 Å². The molecule has 0 unspecified atom stereocenters. The minimum Gasteiger partial charge on any atom is -0.508 e. The van der Waals surface area contributed by atoms with Gasteiger partial charge in [0, 0.05) is 11.5 Å². The number of benzene rings is 1. The number of rotatable bonds is 2. The normalized spacial score (nSPS) is 14.9. The van der Waals surface area contributed by atoms with Gasteiger partial charge in [-0.05, 0) is 37.1 Å². The van der Waals surface area contributed by atoms with Gasteiger partial charge in [-0.15, -0.1) is 0 Å². The van der Waals surface area contributed by atoms with Crippen LogP contribution in [0.1, 0.15) is 18.4 Å². The van der Waals surface area contributed by atoms with Gasteiger partial charge in [-0.2, -0.15) is 0 Å². The van der Waals surface area contributed by atoms with E-state index in [4.69, 9.17) is 15.9 Å². The van der Waals surface area contributed by atoms with Crippen LogP contribution in [0.15, 0.2) is 24.3 Å². The molecule has 0 saturated heterocycles. The predicted molar refractivity (Wildman–Crippen MR) is 63.0 cm³/mol. The number of phenolic OH excluding ortho intramolecular Hbond substituents is 1. The van der Waals surface area contributed by atoms with Crippen LogP contribution in [0.2, 0.25) is 0 Å². The molecular formula is C11H12N2OS. The highest BCUT2D eigenvalue weighted by Crippen LogP contribution is 2.35. The van der Waals surface area contributed by atoms with E-state index in [1.165, 1.54) is 11.8 Å². The van der Waals surface area contributed by atoms with E-state index in [-0.39, 0.29) is 5.75 Å². The van der Waals surface area contributed by atoms with Crippen LogP contribution in [-0.4, -0.2) is 15.2 Å². The summed E-state index contributed by atoms with van der Waals surface area (Å²) in [6.07, 6.45) is 2.18. The molecule has 1 fully saturated rings. The van der Waals surface area contributed by atoms with Crippen LogP contribution in [0.4, 0.5) is 0 Å². The lowest BCUT2D eigenvalue weighted by atomic mass is 10.2. The molecule has 1 aromatic rings. The first kappa shape index (κ1) is 10.2. The first-order valence-corrected chi connectivity index (χ1v) is 5.62. The lowest BCUT2D eigenvalue weighted by Gasteiger charge is -2.04. The van der Waals surface area contributed by atoms with Crippen molar-refractivity contribution >= 4 is 21.8 Å². The van der Waals surface area contributed by atoms with E-state index in [0.717, 1.165) is 18.4 Å². The zero-order chi connectivity index (χ0) is 10.8. The third-order valence-electron chi connectivity index (χ3n) is 2.29. The van der Waals surface area contributed by atoms with Crippen molar-refractivity contribution in [3.8, 4) is 5.75 Å². The fourth-order valence-electron chi connectivity index (χ4n) is 1.21. The van der Waals surface area contributed by atoms with Gasteiger partial charge in [-0.25, -0.2) is 0 Å². The minimum absolute atomic E-state index is 0.203. The molecule has 3 nitrogen and oxygen atoms in total. The SMILES string of the molecule is N=C(SC(=N)C1CC1)c1ccc(O)cc1. The minimum atomic E-state index is 0.203. The second-order valence-corrected chi connectivity index (χ2v) is 4.67. The average Bonchev–Trinajstić information content (AvgIpc) is 3.01. The molecule has 0 radical (unpaired) electrons. The molecule has 0 bridgehead atoms. The summed E-state index contributed by atoms with van der Waals surface area (Å²) in [6.45, 7) is 0. The summed E-state index contributed by atoms with van der Waals surface area (Å²) in [5.41, 5.74) is 0.753. The van der Waals surface area contributed by atoms with E-state index in [2.05, 4.69) is 0 Å². The summed E-state index contributed by atoms with van der Waals surface area (Å²) in [5.74, 6) is 0.598. The largest absolute Gasteiger partial charge is 0.508 e. The van der Waals surface area contributed by atoms with Crippen LogP contribution in [0.5, 0.6) is 5.75 Å². The van der Waals surface area contributed by atoms with Crippen LogP contribution in [0.3, 0.4) is 0 Å². The van der Waals surface area contributed by atoms with Crippen molar-refractivity contribution in [2.45, 2.75) is 12.8 Å². The first-order chi connectivity index (χ1) is 7.16. The lowest BCUT2D eigenvalue weighted by molar-refractivity contribution is 0.475. The van der Waals surface area contributed by atoms with Gasteiger partial charge in [0.2, 0.25) is 0 Å². The van der Waals surface area contributed by atoms with Crippen molar-refractivity contribution in [2.75, 3.05) is 0 Å². The molecule has 15 heavy (non-hydrogen) atoms. The number of aromatic hydroxyl groups is 1. The molecule has 4 heteroatoms. The Bertz CT molecular complexity index is 396. The van der Waals surface area contributed by atoms with Gasteiger partial charge >= 0.3 is 0 Å². The van der Waals surface area contributed by atoms with Crippen molar-refractivity contribution < 1.29 is 5.11 Å². The summed E-state index contributed by atoms with van der Waals surface area (Å²) >= 11 is 1.21. The topological polar surface area (TPSA) is 67.9 Å². The van der Waals surface area contributed by atoms with Gasteiger partial charge in [-0.1, -0.05) is 11.8 Å². The molecule has 1 aromatic carbocycles. The Morgan fingerprint density at radius 3 is 2.33 bits per heavy atom. The van der Waals surface area contributed by atoms with Crippen LogP contribution < -0.4 is 0 Å². The second kappa shape index (κ2) is 4.06. The smallest absolute Gasteiger partial charge is 0.115 e. The Balaban J connectivity index is 2.00. The van der Waals surface area contributed by atoms with Gasteiger partial charge in [-0.3, -0.25) is 10.8 Å². The molecule has 0 aliphatic heterocycles. The highest BCUT2D eigenvalue weighted by atomic mass is 32.2. The highest BCUT2D eigenvalue weighted by molar-refractivity contribution is 8.26. The quantitative estimate of drug-likeness (QED) is 0.530. The first-order valence-electron chi connectivity index (χ1n) is 4.81. The number of hydrogen-bond donors (Lipinski definition) is 3. The van der Waals surface area contributed by atoms with Crippen LogP contribution >= 0.6 is 11.8 Å². The molecule has 1 aliphatic carbocycles. The van der Waals surface area contributed by atoms with Gasteiger partial charge in [0.1, 0.15) is 10.8 Å². The van der Waals surface area contributed by atoms with Gasteiger partial charge in [0.15, 0.2) is 0 Å². The molecule has 1 saturated carbocycles. The Morgan fingerprint density at radius 2 is 1.80 bits per heavy atom. The van der Waals surface area contributed by atoms with Crippen molar-refractivity contribution in [1.82, 2.24) is 0 Å². The molecule has 1 aliphatic rings. The Morgan fingerprint density at radius 1 is 1.20 bits per heavy atom. The molecule has 0 heterocycles. The number of phenols is 1. The van der Waals surface area contributed by atoms with E-state index >= 15 is 0 Å². The van der Waals surface area contributed by atoms with Crippen molar-refractivity contribution in [3.63, 3.8) is 0 Å². The molecule has 2 rings (SSSR count). The Kier molecular flexibility index (Phi) is 2.77. The van der Waals surface area contributed by atoms with Crippen LogP contribution in [0, 0.1) is 16.7 Å². The number of nitrogens with one attached hydrogen (secondary N) is 2. The third kappa shape index (κ3) is 2.59. The van der Waals surface area contributed by atoms with Gasteiger partial charge in [0.05, 0.1) is 5.04 Å². The fraction of sp³-hybridized carbons (Fsp3) is 0.273. The number of hydrogen-bond acceptors (Lipinski definition) is 4. The van der Waals surface area contributed by atoms with Crippen LogP contribution in [-0.2, 0) is 0 Å². The summed E-state index contributed by atoms with van der Waals surface area (Å²) in [7, 11) is 0. The summed E-state index contributed by atoms with van der Waals surface area (Å²) in [5, 5.41) is 25.6. The summed E-state index contributed by atoms with van der Waals surface area (Å²) < 4.78 is 0. The van der Waals surface area contributed by atoms with Gasteiger partial charge < -0.3 is 5.11 Å². The molecule has 3 N–H and O–H groups in total. The molecule has 0 aromatic heterocycles. The van der Waals surface area contributed by atoms with Gasteiger partial charge in [0.25, 0.3) is 0 Å². The van der Waals surface area contributed by atoms with E-state index in [1.807, 2.05) is 0 Å². The predicted octanol–water partition coefficient (Wildman–Crippen LogP) is 2.84. The zero-order valence-corrected chi connectivity index (χ0v) is 8.97. The Labute approximate surface area is 92.5 Å². The number of thioether (sulfide) groups is 1.